The van der Waals surface area contributed by atoms with Crippen molar-refractivity contribution in [2.24, 2.45) is 0 Å². The summed E-state index contributed by atoms with van der Waals surface area (Å²) in [5, 5.41) is 17.2. The number of carbonyl (C=O) groups is 1. The van der Waals surface area contributed by atoms with Crippen LogP contribution in [-0.4, -0.2) is 77.5 Å². The van der Waals surface area contributed by atoms with Gasteiger partial charge in [-0.2, -0.15) is 0 Å². The van der Waals surface area contributed by atoms with Crippen molar-refractivity contribution in [3.8, 4) is 40.1 Å². The molecule has 1 N–H and O–H groups in total. The van der Waals surface area contributed by atoms with Gasteiger partial charge in [0.25, 0.3) is 5.91 Å². The maximum atomic E-state index is 13.4. The molecule has 4 aromatic carbocycles. The number of ether oxygens (including phenoxy) is 4. The first-order valence-electron chi connectivity index (χ1n) is 16.2. The molecule has 0 saturated heterocycles. The molecule has 6 aromatic rings. The van der Waals surface area contributed by atoms with Gasteiger partial charge in [0, 0.05) is 31.1 Å². The van der Waals surface area contributed by atoms with Crippen LogP contribution in [0.1, 0.15) is 27.2 Å². The van der Waals surface area contributed by atoms with E-state index in [1.807, 2.05) is 42.5 Å². The van der Waals surface area contributed by atoms with Crippen LogP contribution < -0.4 is 24.3 Å². The van der Waals surface area contributed by atoms with E-state index < -0.39 is 0 Å². The third-order valence-electron chi connectivity index (χ3n) is 8.94. The predicted molar refractivity (Wildman–Crippen MR) is 190 cm³/mol. The number of nitrogens with zero attached hydrogens (tertiary/aromatic N) is 6. The molecular formula is C38H37N7O5. The fraction of sp³-hybridized carbons (Fsp3) is 0.237. The molecule has 12 heteroatoms. The highest BCUT2D eigenvalue weighted by Gasteiger charge is 2.21. The van der Waals surface area contributed by atoms with Gasteiger partial charge < -0.3 is 24.3 Å². The summed E-state index contributed by atoms with van der Waals surface area (Å²) in [7, 11) is 6.42. The first kappa shape index (κ1) is 32.5. The molecule has 1 aliphatic rings. The van der Waals surface area contributed by atoms with E-state index in [1.54, 1.807) is 39.5 Å². The van der Waals surface area contributed by atoms with Crippen LogP contribution in [0.15, 0.2) is 84.9 Å². The van der Waals surface area contributed by atoms with Gasteiger partial charge >= 0.3 is 0 Å². The topological polar surface area (TPSA) is 126 Å². The normalized spacial score (nSPS) is 12.7. The fourth-order valence-corrected chi connectivity index (χ4v) is 6.19. The summed E-state index contributed by atoms with van der Waals surface area (Å²) in [5.74, 6) is 2.35. The van der Waals surface area contributed by atoms with Crippen molar-refractivity contribution in [2.75, 3.05) is 46.8 Å². The van der Waals surface area contributed by atoms with E-state index in [1.165, 1.54) is 28.6 Å². The van der Waals surface area contributed by atoms with Gasteiger partial charge in [0.05, 0.1) is 50.9 Å². The molecule has 0 spiro atoms. The van der Waals surface area contributed by atoms with Crippen LogP contribution in [0.3, 0.4) is 0 Å². The van der Waals surface area contributed by atoms with Crippen LogP contribution in [0, 0.1) is 0 Å². The quantitative estimate of drug-likeness (QED) is 0.182. The Morgan fingerprint density at radius 1 is 0.800 bits per heavy atom. The summed E-state index contributed by atoms with van der Waals surface area (Å²) in [6.07, 6.45) is 1.88. The molecule has 2 aromatic heterocycles. The number of hydrogen-bond acceptors (Lipinski definition) is 10. The molecule has 0 radical (unpaired) electrons. The number of benzene rings is 4. The van der Waals surface area contributed by atoms with E-state index in [0.29, 0.717) is 28.6 Å². The van der Waals surface area contributed by atoms with Crippen LogP contribution in [0.2, 0.25) is 0 Å². The zero-order valence-corrected chi connectivity index (χ0v) is 28.3. The van der Waals surface area contributed by atoms with E-state index in [4.69, 9.17) is 18.9 Å². The first-order valence-corrected chi connectivity index (χ1v) is 16.2. The molecule has 0 bridgehead atoms. The van der Waals surface area contributed by atoms with E-state index in [0.717, 1.165) is 60.6 Å². The van der Waals surface area contributed by atoms with Crippen LogP contribution in [0.4, 0.5) is 5.69 Å². The van der Waals surface area contributed by atoms with Crippen molar-refractivity contribution in [3.05, 3.63) is 107 Å². The second kappa shape index (κ2) is 14.2. The van der Waals surface area contributed by atoms with Gasteiger partial charge in [-0.1, -0.05) is 36.4 Å². The largest absolute Gasteiger partial charge is 0.493 e. The highest BCUT2D eigenvalue weighted by Crippen LogP contribution is 2.38. The van der Waals surface area contributed by atoms with Crippen LogP contribution in [-0.2, 0) is 19.4 Å². The Kier molecular flexibility index (Phi) is 9.26. The molecule has 50 heavy (non-hydrogen) atoms. The zero-order valence-electron chi connectivity index (χ0n) is 28.3. The number of carbonyl (C=O) groups excluding carboxylic acids is 1. The van der Waals surface area contributed by atoms with E-state index in [9.17, 15) is 4.79 Å². The molecule has 7 rings (SSSR count). The molecule has 254 valence electrons. The number of rotatable bonds is 11. The summed E-state index contributed by atoms with van der Waals surface area (Å²) in [4.78, 5) is 21.9. The van der Waals surface area contributed by atoms with Gasteiger partial charge in [-0.15, -0.1) is 15.0 Å². The average molecular weight is 672 g/mol. The van der Waals surface area contributed by atoms with Gasteiger partial charge in [0.2, 0.25) is 5.82 Å². The minimum absolute atomic E-state index is 0.270. The van der Waals surface area contributed by atoms with E-state index in [-0.39, 0.29) is 11.6 Å². The third kappa shape index (κ3) is 6.65. The maximum Gasteiger partial charge on any atom is 0.274 e. The number of anilines is 1. The summed E-state index contributed by atoms with van der Waals surface area (Å²) in [6, 6.07) is 26.9. The molecule has 0 unspecified atom stereocenters. The number of hydrogen-bond donors (Lipinski definition) is 1. The summed E-state index contributed by atoms with van der Waals surface area (Å²) < 4.78 is 22.1. The number of methoxy groups -OCH3 is 4. The highest BCUT2D eigenvalue weighted by molar-refractivity contribution is 6.06. The van der Waals surface area contributed by atoms with E-state index >= 15 is 0 Å². The van der Waals surface area contributed by atoms with Crippen molar-refractivity contribution in [1.29, 1.82) is 0 Å². The molecule has 0 atom stereocenters. The minimum Gasteiger partial charge on any atom is -0.493 e. The SMILES string of the molecule is COc1cc2c(cc1OC)CN(CCc1ccc(-n3nnc(-c4cc(OC)c(OC)cc4NC(=O)c4ccc5ccccc5n4)n3)cc1)CC2. The van der Waals surface area contributed by atoms with Crippen LogP contribution >= 0.6 is 0 Å². The molecule has 3 heterocycles. The lowest BCUT2D eigenvalue weighted by Gasteiger charge is -2.29. The Balaban J connectivity index is 1.06. The summed E-state index contributed by atoms with van der Waals surface area (Å²) >= 11 is 0. The number of nitrogens with one attached hydrogen (secondary N) is 1. The van der Waals surface area contributed by atoms with Gasteiger partial charge in [0.1, 0.15) is 5.69 Å². The Hall–Kier alpha value is -6.01. The number of fused-ring (bicyclic) bond motifs is 2. The molecule has 0 fully saturated rings. The predicted octanol–water partition coefficient (Wildman–Crippen LogP) is 5.77. The number of tetrazole rings is 1. The number of para-hydroxylation sites is 1. The highest BCUT2D eigenvalue weighted by atomic mass is 16.5. The molecule has 12 nitrogen and oxygen atoms in total. The standard InChI is InChI=1S/C38H37N7O5/c1-47-33-19-26-16-18-44(23-27(26)20-34(33)48-2)17-15-24-9-12-28(13-10-24)45-42-37(41-43-45)29-21-35(49-3)36(50-4)22-32(29)40-38(46)31-14-11-25-7-5-6-8-30(25)39-31/h5-14,19-22H,15-18,23H2,1-4H3,(H,40,46). The number of aromatic nitrogens is 5. The second-order valence-corrected chi connectivity index (χ2v) is 11.9. The van der Waals surface area contributed by atoms with Gasteiger partial charge in [-0.05, 0) is 77.2 Å². The Morgan fingerprint density at radius 2 is 1.50 bits per heavy atom. The van der Waals surface area contributed by atoms with E-state index in [2.05, 4.69) is 54.9 Å². The van der Waals surface area contributed by atoms with Gasteiger partial charge in [0.15, 0.2) is 23.0 Å². The van der Waals surface area contributed by atoms with Gasteiger partial charge in [-0.3, -0.25) is 9.69 Å². The average Bonchev–Trinajstić information content (AvgIpc) is 3.66. The summed E-state index contributed by atoms with van der Waals surface area (Å²) in [5.41, 5.74) is 6.49. The smallest absolute Gasteiger partial charge is 0.274 e. The maximum absolute atomic E-state index is 13.4. The lowest BCUT2D eigenvalue weighted by Crippen LogP contribution is -2.32. The van der Waals surface area contributed by atoms with Crippen molar-refractivity contribution in [1.82, 2.24) is 30.1 Å². The zero-order chi connectivity index (χ0) is 34.6. The number of amides is 1. The third-order valence-corrected chi connectivity index (χ3v) is 8.94. The molecule has 1 amide bonds. The molecule has 1 aliphatic heterocycles. The van der Waals surface area contributed by atoms with Crippen molar-refractivity contribution in [3.63, 3.8) is 0 Å². The minimum atomic E-state index is -0.388. The molecule has 0 aliphatic carbocycles. The van der Waals surface area contributed by atoms with Crippen molar-refractivity contribution < 1.29 is 23.7 Å². The second-order valence-electron chi connectivity index (χ2n) is 11.9. The Labute approximate surface area is 289 Å². The first-order chi connectivity index (χ1) is 24.5. The van der Waals surface area contributed by atoms with Crippen LogP contribution in [0.5, 0.6) is 23.0 Å². The Bertz CT molecular complexity index is 2170. The van der Waals surface area contributed by atoms with Crippen molar-refractivity contribution >= 4 is 22.5 Å². The Morgan fingerprint density at radius 3 is 2.26 bits per heavy atom. The fourth-order valence-electron chi connectivity index (χ4n) is 6.19. The van der Waals surface area contributed by atoms with Crippen molar-refractivity contribution in [2.45, 2.75) is 19.4 Å². The lowest BCUT2D eigenvalue weighted by atomic mass is 9.98. The monoisotopic (exact) mass is 671 g/mol. The molecular weight excluding hydrogens is 634 g/mol. The summed E-state index contributed by atoms with van der Waals surface area (Å²) in [6.45, 7) is 2.79. The van der Waals surface area contributed by atoms with Gasteiger partial charge in [-0.25, -0.2) is 4.98 Å². The molecule has 0 saturated carbocycles. The lowest BCUT2D eigenvalue weighted by molar-refractivity contribution is 0.102. The van der Waals surface area contributed by atoms with Crippen LogP contribution in [0.25, 0.3) is 28.0 Å². The number of pyridine rings is 1.